The molecule has 1 aliphatic heterocycles. The van der Waals surface area contributed by atoms with Crippen LogP contribution in [-0.2, 0) is 4.74 Å². The lowest BCUT2D eigenvalue weighted by atomic mass is 9.57. The van der Waals surface area contributed by atoms with E-state index in [2.05, 4.69) is 19.2 Å². The number of nitrogens with one attached hydrogen (secondary N) is 1. The number of fused-ring (bicyclic) bond motifs is 1. The maximum absolute atomic E-state index is 12.4. The molecular weight excluding hydrogens is 270 g/mol. The first-order valence-electron chi connectivity index (χ1n) is 7.17. The third-order valence-electron chi connectivity index (χ3n) is 4.76. The zero-order valence-corrected chi connectivity index (χ0v) is 12.1. The van der Waals surface area contributed by atoms with Crippen LogP contribution in [0.4, 0.5) is 0 Å². The van der Waals surface area contributed by atoms with E-state index in [1.807, 2.05) is 0 Å². The number of benzene rings is 1. The molecule has 2 N–H and O–H groups in total. The van der Waals surface area contributed by atoms with Crippen molar-refractivity contribution in [2.45, 2.75) is 32.4 Å². The quantitative estimate of drug-likeness (QED) is 0.891. The second-order valence-corrected chi connectivity index (χ2v) is 6.40. The Morgan fingerprint density at radius 2 is 2.05 bits per heavy atom. The predicted octanol–water partition coefficient (Wildman–Crippen LogP) is 1.93. The largest absolute Gasteiger partial charge is 0.478 e. The molecule has 0 radical (unpaired) electrons. The molecule has 21 heavy (non-hydrogen) atoms. The minimum absolute atomic E-state index is 0.0750. The summed E-state index contributed by atoms with van der Waals surface area (Å²) in [5.41, 5.74) is 0.423. The lowest BCUT2D eigenvalue weighted by Crippen LogP contribution is -2.66. The molecule has 0 spiro atoms. The van der Waals surface area contributed by atoms with E-state index >= 15 is 0 Å². The Morgan fingerprint density at radius 1 is 1.33 bits per heavy atom. The molecule has 5 nitrogen and oxygen atoms in total. The van der Waals surface area contributed by atoms with Crippen LogP contribution in [0.25, 0.3) is 0 Å². The van der Waals surface area contributed by atoms with E-state index in [4.69, 9.17) is 9.84 Å². The van der Waals surface area contributed by atoms with Crippen LogP contribution in [0.2, 0.25) is 0 Å². The summed E-state index contributed by atoms with van der Waals surface area (Å²) < 4.78 is 5.71. The normalized spacial score (nSPS) is 29.3. The predicted molar refractivity (Wildman–Crippen MR) is 76.3 cm³/mol. The molecule has 3 atom stereocenters. The maximum atomic E-state index is 12.4. The van der Waals surface area contributed by atoms with Gasteiger partial charge in [-0.05, 0) is 24.6 Å². The Bertz CT molecular complexity index is 596. The minimum atomic E-state index is -1.03. The molecule has 112 valence electrons. The summed E-state index contributed by atoms with van der Waals surface area (Å²) in [6.45, 7) is 4.94. The number of hydrogen-bond donors (Lipinski definition) is 2. The van der Waals surface area contributed by atoms with Gasteiger partial charge in [0, 0.05) is 29.5 Å². The van der Waals surface area contributed by atoms with Gasteiger partial charge in [-0.2, -0.15) is 0 Å². The summed E-state index contributed by atoms with van der Waals surface area (Å²) in [4.78, 5) is 23.3. The first-order chi connectivity index (χ1) is 9.91. The number of carbonyl (C=O) groups is 2. The molecule has 5 heteroatoms. The van der Waals surface area contributed by atoms with Crippen molar-refractivity contribution in [2.24, 2.45) is 11.3 Å². The number of hydrogen-bond acceptors (Lipinski definition) is 3. The van der Waals surface area contributed by atoms with Crippen LogP contribution in [0, 0.1) is 11.3 Å². The first kappa shape index (κ1) is 14.1. The highest BCUT2D eigenvalue weighted by Crippen LogP contribution is 2.52. The average Bonchev–Trinajstić information content (AvgIpc) is 2.91. The Morgan fingerprint density at radius 3 is 2.76 bits per heavy atom. The van der Waals surface area contributed by atoms with Gasteiger partial charge in [-0.15, -0.1) is 0 Å². The van der Waals surface area contributed by atoms with Crippen LogP contribution in [-0.4, -0.2) is 35.7 Å². The SMILES string of the molecule is CC1(C)[C@H](NC(=O)c2cccc(C(=O)O)c2)[C@@H]2CCO[C@@H]21. The van der Waals surface area contributed by atoms with Crippen molar-refractivity contribution in [3.8, 4) is 0 Å². The number of amides is 1. The van der Waals surface area contributed by atoms with Crippen molar-refractivity contribution in [1.29, 1.82) is 0 Å². The standard InChI is InChI=1S/C16H19NO4/c1-16(2)12(11-6-7-21-13(11)16)17-14(18)9-4-3-5-10(8-9)15(19)20/h3-5,8,11-13H,6-7H2,1-2H3,(H,17,18)(H,19,20)/t11-,12+,13-/m0/s1. The van der Waals surface area contributed by atoms with Gasteiger partial charge in [-0.25, -0.2) is 4.79 Å². The molecule has 1 amide bonds. The van der Waals surface area contributed by atoms with Crippen molar-refractivity contribution in [3.63, 3.8) is 0 Å². The fraction of sp³-hybridized carbons (Fsp3) is 0.500. The van der Waals surface area contributed by atoms with Crippen LogP contribution in [0.1, 0.15) is 41.0 Å². The minimum Gasteiger partial charge on any atom is -0.478 e. The molecule has 0 aromatic heterocycles. The van der Waals surface area contributed by atoms with E-state index in [1.54, 1.807) is 12.1 Å². The van der Waals surface area contributed by atoms with Gasteiger partial charge in [-0.3, -0.25) is 4.79 Å². The van der Waals surface area contributed by atoms with Crippen LogP contribution in [0.3, 0.4) is 0 Å². The lowest BCUT2D eigenvalue weighted by molar-refractivity contribution is -0.108. The van der Waals surface area contributed by atoms with E-state index < -0.39 is 5.97 Å². The molecule has 3 rings (SSSR count). The van der Waals surface area contributed by atoms with Gasteiger partial charge in [0.25, 0.3) is 5.91 Å². The van der Waals surface area contributed by atoms with Gasteiger partial charge >= 0.3 is 5.97 Å². The molecule has 1 heterocycles. The lowest BCUT2D eigenvalue weighted by Gasteiger charge is -2.54. The second kappa shape index (κ2) is 4.84. The number of carbonyl (C=O) groups excluding carboxylic acids is 1. The van der Waals surface area contributed by atoms with Gasteiger partial charge in [0.15, 0.2) is 0 Å². The summed E-state index contributed by atoms with van der Waals surface area (Å²) in [7, 11) is 0. The molecule has 2 fully saturated rings. The van der Waals surface area contributed by atoms with Crippen LogP contribution >= 0.6 is 0 Å². The average molecular weight is 289 g/mol. The first-order valence-corrected chi connectivity index (χ1v) is 7.17. The zero-order chi connectivity index (χ0) is 15.2. The molecule has 1 saturated heterocycles. The van der Waals surface area contributed by atoms with E-state index in [0.29, 0.717) is 11.5 Å². The summed E-state index contributed by atoms with van der Waals surface area (Å²) in [5.74, 6) is -0.883. The van der Waals surface area contributed by atoms with Gasteiger partial charge in [-0.1, -0.05) is 19.9 Å². The van der Waals surface area contributed by atoms with Crippen molar-refractivity contribution in [3.05, 3.63) is 35.4 Å². The third-order valence-corrected chi connectivity index (χ3v) is 4.76. The fourth-order valence-corrected chi connectivity index (χ4v) is 3.64. The van der Waals surface area contributed by atoms with E-state index in [1.165, 1.54) is 12.1 Å². The zero-order valence-electron chi connectivity index (χ0n) is 12.1. The van der Waals surface area contributed by atoms with Crippen LogP contribution in [0.5, 0.6) is 0 Å². The van der Waals surface area contributed by atoms with E-state index in [0.717, 1.165) is 13.0 Å². The molecule has 1 saturated carbocycles. The van der Waals surface area contributed by atoms with Crippen molar-refractivity contribution in [1.82, 2.24) is 5.32 Å². The highest BCUT2D eigenvalue weighted by atomic mass is 16.5. The summed E-state index contributed by atoms with van der Waals surface area (Å²) in [5, 5.41) is 12.0. The Labute approximate surface area is 123 Å². The summed E-state index contributed by atoms with van der Waals surface area (Å²) in [6, 6.07) is 6.19. The molecule has 0 bridgehead atoms. The third kappa shape index (κ3) is 2.21. The van der Waals surface area contributed by atoms with Crippen LogP contribution in [0.15, 0.2) is 24.3 Å². The smallest absolute Gasteiger partial charge is 0.335 e. The highest BCUT2D eigenvalue weighted by molar-refractivity contribution is 5.97. The van der Waals surface area contributed by atoms with Crippen molar-refractivity contribution in [2.75, 3.05) is 6.61 Å². The highest BCUT2D eigenvalue weighted by Gasteiger charge is 2.59. The molecule has 0 unspecified atom stereocenters. The Kier molecular flexibility index (Phi) is 3.24. The monoisotopic (exact) mass is 289 g/mol. The Hall–Kier alpha value is -1.88. The summed E-state index contributed by atoms with van der Waals surface area (Å²) >= 11 is 0. The van der Waals surface area contributed by atoms with Crippen molar-refractivity contribution < 1.29 is 19.4 Å². The maximum Gasteiger partial charge on any atom is 0.335 e. The van der Waals surface area contributed by atoms with Gasteiger partial charge in [0.2, 0.25) is 0 Å². The molecule has 2 aliphatic rings. The molecular formula is C16H19NO4. The topological polar surface area (TPSA) is 75.6 Å². The Balaban J connectivity index is 1.75. The summed E-state index contributed by atoms with van der Waals surface area (Å²) in [6.07, 6.45) is 1.18. The van der Waals surface area contributed by atoms with Crippen LogP contribution < -0.4 is 5.32 Å². The van der Waals surface area contributed by atoms with E-state index in [-0.39, 0.29) is 29.0 Å². The number of aromatic carboxylic acids is 1. The van der Waals surface area contributed by atoms with Gasteiger partial charge in [0.05, 0.1) is 11.7 Å². The number of ether oxygens (including phenoxy) is 1. The number of rotatable bonds is 3. The molecule has 1 aromatic carbocycles. The van der Waals surface area contributed by atoms with Gasteiger partial charge < -0.3 is 15.2 Å². The van der Waals surface area contributed by atoms with E-state index in [9.17, 15) is 9.59 Å². The number of carboxylic acid groups (broad SMARTS) is 1. The van der Waals surface area contributed by atoms with Gasteiger partial charge in [0.1, 0.15) is 0 Å². The molecule has 1 aromatic rings. The fourth-order valence-electron chi connectivity index (χ4n) is 3.64. The molecule has 1 aliphatic carbocycles. The number of carboxylic acids is 1. The van der Waals surface area contributed by atoms with Crippen molar-refractivity contribution >= 4 is 11.9 Å². The second-order valence-electron chi connectivity index (χ2n) is 6.40.